The summed E-state index contributed by atoms with van der Waals surface area (Å²) >= 11 is 0. The minimum absolute atomic E-state index is 0.0818. The van der Waals surface area contributed by atoms with E-state index in [4.69, 9.17) is 0 Å². The predicted molar refractivity (Wildman–Crippen MR) is 52.5 cm³/mol. The molecule has 86 valence electrons. The summed E-state index contributed by atoms with van der Waals surface area (Å²) in [4.78, 5) is 23.7. The van der Waals surface area contributed by atoms with Gasteiger partial charge in [0, 0.05) is 19.1 Å². The second-order valence-corrected chi connectivity index (χ2v) is 3.37. The fraction of sp³-hybridized carbons (Fsp3) is 0.778. The molecule has 1 aliphatic heterocycles. The van der Waals surface area contributed by atoms with Crippen LogP contribution in [0.5, 0.6) is 0 Å². The number of methoxy groups -OCH3 is 2. The van der Waals surface area contributed by atoms with Gasteiger partial charge in [-0.2, -0.15) is 0 Å². The lowest BCUT2D eigenvalue weighted by atomic mass is 10.1. The van der Waals surface area contributed by atoms with Gasteiger partial charge in [-0.05, 0) is 12.8 Å². The van der Waals surface area contributed by atoms with Crippen molar-refractivity contribution in [3.05, 3.63) is 0 Å². The largest absolute Gasteiger partial charge is 0.453 e. The van der Waals surface area contributed by atoms with Gasteiger partial charge < -0.3 is 19.7 Å². The van der Waals surface area contributed by atoms with Crippen LogP contribution in [0, 0.1) is 0 Å². The zero-order chi connectivity index (χ0) is 11.3. The molecular weight excluding hydrogens is 200 g/mol. The van der Waals surface area contributed by atoms with Gasteiger partial charge in [0.2, 0.25) is 0 Å². The summed E-state index contributed by atoms with van der Waals surface area (Å²) in [5, 5.41) is 2.71. The summed E-state index contributed by atoms with van der Waals surface area (Å²) in [6.45, 7) is 1.20. The molecule has 0 aromatic carbocycles. The fourth-order valence-corrected chi connectivity index (χ4v) is 1.56. The number of nitrogens with one attached hydrogen (secondary N) is 1. The summed E-state index contributed by atoms with van der Waals surface area (Å²) in [5.74, 6) is 0. The van der Waals surface area contributed by atoms with Crippen LogP contribution >= 0.6 is 0 Å². The van der Waals surface area contributed by atoms with E-state index in [1.165, 1.54) is 14.2 Å². The molecule has 15 heavy (non-hydrogen) atoms. The molecule has 0 saturated carbocycles. The summed E-state index contributed by atoms with van der Waals surface area (Å²) in [6.07, 6.45) is 0.715. The first-order valence-corrected chi connectivity index (χ1v) is 4.84. The van der Waals surface area contributed by atoms with Crippen molar-refractivity contribution in [3.8, 4) is 0 Å². The topological polar surface area (TPSA) is 67.9 Å². The highest BCUT2D eigenvalue weighted by Gasteiger charge is 2.24. The van der Waals surface area contributed by atoms with Crippen LogP contribution in [0.2, 0.25) is 0 Å². The first kappa shape index (κ1) is 11.6. The average Bonchev–Trinajstić information content (AvgIpc) is 2.29. The normalized spacial score (nSPS) is 17.1. The Labute approximate surface area is 88.5 Å². The van der Waals surface area contributed by atoms with Gasteiger partial charge in [-0.1, -0.05) is 0 Å². The van der Waals surface area contributed by atoms with Gasteiger partial charge in [0.1, 0.15) is 0 Å². The maximum atomic E-state index is 11.1. The Bertz CT molecular complexity index is 236. The Hall–Kier alpha value is -1.46. The van der Waals surface area contributed by atoms with Crippen LogP contribution < -0.4 is 5.32 Å². The minimum atomic E-state index is -0.425. The number of alkyl carbamates (subject to hydrolysis) is 1. The van der Waals surface area contributed by atoms with Crippen molar-refractivity contribution in [1.29, 1.82) is 0 Å². The first-order valence-electron chi connectivity index (χ1n) is 4.84. The molecule has 0 aromatic rings. The molecule has 0 bridgehead atoms. The molecule has 0 atom stereocenters. The summed E-state index contributed by atoms with van der Waals surface area (Å²) in [5.41, 5.74) is 0. The number of hydrogen-bond acceptors (Lipinski definition) is 4. The zero-order valence-electron chi connectivity index (χ0n) is 8.99. The lowest BCUT2D eigenvalue weighted by Gasteiger charge is -2.30. The molecule has 2 amide bonds. The van der Waals surface area contributed by atoms with Crippen molar-refractivity contribution in [2.45, 2.75) is 18.9 Å². The molecule has 0 aliphatic carbocycles. The molecule has 1 saturated heterocycles. The van der Waals surface area contributed by atoms with Gasteiger partial charge >= 0.3 is 12.2 Å². The summed E-state index contributed by atoms with van der Waals surface area (Å²) in [7, 11) is 2.69. The quantitative estimate of drug-likeness (QED) is 0.696. The van der Waals surface area contributed by atoms with E-state index in [2.05, 4.69) is 14.8 Å². The maximum Gasteiger partial charge on any atom is 0.409 e. The standard InChI is InChI=1S/C9H16N2O4/c1-14-8(12)10-7-3-5-11(6-4-7)9(13)15-2/h7H,3-6H2,1-2H3,(H,10,12). The molecule has 0 aromatic heterocycles. The second kappa shape index (κ2) is 5.43. The Balaban J connectivity index is 2.29. The van der Waals surface area contributed by atoms with Crippen molar-refractivity contribution >= 4 is 12.2 Å². The van der Waals surface area contributed by atoms with Crippen LogP contribution in [0.1, 0.15) is 12.8 Å². The molecule has 0 spiro atoms. The number of piperidine rings is 1. The summed E-state index contributed by atoms with van der Waals surface area (Å²) < 4.78 is 9.10. The number of carbonyl (C=O) groups excluding carboxylic acids is 2. The lowest BCUT2D eigenvalue weighted by Crippen LogP contribution is -2.46. The number of nitrogens with zero attached hydrogens (tertiary/aromatic N) is 1. The number of rotatable bonds is 1. The van der Waals surface area contributed by atoms with Crippen LogP contribution in [0.3, 0.4) is 0 Å². The van der Waals surface area contributed by atoms with Gasteiger partial charge in [0.25, 0.3) is 0 Å². The van der Waals surface area contributed by atoms with Crippen LogP contribution in [-0.2, 0) is 9.47 Å². The van der Waals surface area contributed by atoms with Gasteiger partial charge in [-0.15, -0.1) is 0 Å². The third kappa shape index (κ3) is 3.30. The number of hydrogen-bond donors (Lipinski definition) is 1. The molecule has 0 radical (unpaired) electrons. The molecule has 1 fully saturated rings. The maximum absolute atomic E-state index is 11.1. The minimum Gasteiger partial charge on any atom is -0.453 e. The Morgan fingerprint density at radius 2 is 1.80 bits per heavy atom. The third-order valence-corrected chi connectivity index (χ3v) is 2.44. The van der Waals surface area contributed by atoms with E-state index in [0.29, 0.717) is 13.1 Å². The fourth-order valence-electron chi connectivity index (χ4n) is 1.56. The molecule has 1 aliphatic rings. The van der Waals surface area contributed by atoms with E-state index in [0.717, 1.165) is 12.8 Å². The predicted octanol–water partition coefficient (Wildman–Crippen LogP) is 0.573. The van der Waals surface area contributed by atoms with Gasteiger partial charge in [-0.25, -0.2) is 9.59 Å². The zero-order valence-corrected chi connectivity index (χ0v) is 8.99. The van der Waals surface area contributed by atoms with Crippen LogP contribution in [0.4, 0.5) is 9.59 Å². The first-order chi connectivity index (χ1) is 7.17. The highest BCUT2D eigenvalue weighted by atomic mass is 16.5. The highest BCUT2D eigenvalue weighted by Crippen LogP contribution is 2.11. The second-order valence-electron chi connectivity index (χ2n) is 3.37. The number of likely N-dealkylation sites (tertiary alicyclic amines) is 1. The van der Waals surface area contributed by atoms with Gasteiger partial charge in [-0.3, -0.25) is 0 Å². The van der Waals surface area contributed by atoms with Crippen molar-refractivity contribution in [2.24, 2.45) is 0 Å². The summed E-state index contributed by atoms with van der Waals surface area (Å²) in [6, 6.07) is 0.0818. The highest BCUT2D eigenvalue weighted by molar-refractivity contribution is 5.68. The average molecular weight is 216 g/mol. The molecule has 6 nitrogen and oxygen atoms in total. The molecule has 1 rings (SSSR count). The number of carbonyl (C=O) groups is 2. The van der Waals surface area contributed by atoms with E-state index in [1.54, 1.807) is 4.90 Å². The van der Waals surface area contributed by atoms with Crippen molar-refractivity contribution in [1.82, 2.24) is 10.2 Å². The van der Waals surface area contributed by atoms with E-state index in [9.17, 15) is 9.59 Å². The van der Waals surface area contributed by atoms with E-state index in [-0.39, 0.29) is 12.1 Å². The van der Waals surface area contributed by atoms with Gasteiger partial charge in [0.05, 0.1) is 14.2 Å². The van der Waals surface area contributed by atoms with E-state index < -0.39 is 6.09 Å². The van der Waals surface area contributed by atoms with E-state index in [1.807, 2.05) is 0 Å². The van der Waals surface area contributed by atoms with Crippen molar-refractivity contribution in [3.63, 3.8) is 0 Å². The third-order valence-electron chi connectivity index (χ3n) is 2.44. The lowest BCUT2D eigenvalue weighted by molar-refractivity contribution is 0.108. The molecule has 6 heteroatoms. The molecular formula is C9H16N2O4. The Kier molecular flexibility index (Phi) is 4.20. The van der Waals surface area contributed by atoms with Crippen molar-refractivity contribution < 1.29 is 19.1 Å². The molecule has 1 heterocycles. The molecule has 1 N–H and O–H groups in total. The molecule has 0 unspecified atom stereocenters. The Morgan fingerprint density at radius 3 is 2.27 bits per heavy atom. The van der Waals surface area contributed by atoms with Crippen molar-refractivity contribution in [2.75, 3.05) is 27.3 Å². The smallest absolute Gasteiger partial charge is 0.409 e. The van der Waals surface area contributed by atoms with Crippen LogP contribution in [0.25, 0.3) is 0 Å². The number of amides is 2. The SMILES string of the molecule is COC(=O)NC1CCN(C(=O)OC)CC1. The van der Waals surface area contributed by atoms with Crippen LogP contribution in [0.15, 0.2) is 0 Å². The van der Waals surface area contributed by atoms with Crippen LogP contribution in [-0.4, -0.2) is 50.4 Å². The van der Waals surface area contributed by atoms with E-state index >= 15 is 0 Å². The Morgan fingerprint density at radius 1 is 1.20 bits per heavy atom. The van der Waals surface area contributed by atoms with Gasteiger partial charge in [0.15, 0.2) is 0 Å². The monoisotopic (exact) mass is 216 g/mol. The number of ether oxygens (including phenoxy) is 2.